The van der Waals surface area contributed by atoms with Gasteiger partial charge in [-0.05, 0) is 47.2 Å². The lowest BCUT2D eigenvalue weighted by atomic mass is 9.91. The maximum atomic E-state index is 11.6. The van der Waals surface area contributed by atoms with Crippen LogP contribution < -0.4 is 0 Å². The van der Waals surface area contributed by atoms with Crippen LogP contribution in [0.3, 0.4) is 0 Å². The second-order valence-electron chi connectivity index (χ2n) is 5.52. The van der Waals surface area contributed by atoms with Gasteiger partial charge in [0.1, 0.15) is 0 Å². The van der Waals surface area contributed by atoms with Crippen LogP contribution in [0.2, 0.25) is 5.02 Å². The number of aliphatic hydroxyl groups excluding tert-OH is 1. The summed E-state index contributed by atoms with van der Waals surface area (Å²) < 4.78 is 25.5. The standard InChI is InChI=1S/C14H19BrClNO3S/c1-21(19,20)17-7-3-4-10(9-17)8-13(18)11-5-2-6-12(15)14(11)16/h2,5-6,10,13,18H,3-4,7-9H2,1H3. The SMILES string of the molecule is CS(=O)(=O)N1CCCC(CC(O)c2cccc(Br)c2Cl)C1. The third-order valence-electron chi connectivity index (χ3n) is 3.85. The van der Waals surface area contributed by atoms with Crippen molar-refractivity contribution in [2.24, 2.45) is 5.92 Å². The van der Waals surface area contributed by atoms with Crippen LogP contribution in [-0.2, 0) is 10.0 Å². The zero-order valence-corrected chi connectivity index (χ0v) is 15.0. The summed E-state index contributed by atoms with van der Waals surface area (Å²) in [6.07, 6.45) is 2.82. The van der Waals surface area contributed by atoms with Gasteiger partial charge in [0.15, 0.2) is 0 Å². The van der Waals surface area contributed by atoms with Gasteiger partial charge in [0.25, 0.3) is 0 Å². The van der Waals surface area contributed by atoms with Gasteiger partial charge < -0.3 is 5.11 Å². The monoisotopic (exact) mass is 395 g/mol. The summed E-state index contributed by atoms with van der Waals surface area (Å²) in [6.45, 7) is 1.05. The molecule has 21 heavy (non-hydrogen) atoms. The number of piperidine rings is 1. The second kappa shape index (κ2) is 6.96. The van der Waals surface area contributed by atoms with E-state index in [-0.39, 0.29) is 5.92 Å². The van der Waals surface area contributed by atoms with Gasteiger partial charge >= 0.3 is 0 Å². The predicted molar refractivity (Wildman–Crippen MR) is 87.9 cm³/mol. The molecule has 118 valence electrons. The molecular formula is C14H19BrClNO3S. The predicted octanol–water partition coefficient (Wildman–Crippen LogP) is 3.20. The van der Waals surface area contributed by atoms with Crippen LogP contribution in [0.4, 0.5) is 0 Å². The second-order valence-corrected chi connectivity index (χ2v) is 8.74. The summed E-state index contributed by atoms with van der Waals surface area (Å²) in [6, 6.07) is 5.46. The first kappa shape index (κ1) is 17.2. The number of rotatable bonds is 4. The molecule has 1 aliphatic rings. The Morgan fingerprint density at radius 2 is 2.24 bits per heavy atom. The molecule has 2 unspecified atom stereocenters. The summed E-state index contributed by atoms with van der Waals surface area (Å²) in [7, 11) is -3.16. The molecule has 0 spiro atoms. The molecule has 0 saturated carbocycles. The van der Waals surface area contributed by atoms with Gasteiger partial charge in [0.2, 0.25) is 10.0 Å². The van der Waals surface area contributed by atoms with Gasteiger partial charge in [0, 0.05) is 23.1 Å². The fraction of sp³-hybridized carbons (Fsp3) is 0.571. The molecule has 7 heteroatoms. The molecule has 0 bridgehead atoms. The highest BCUT2D eigenvalue weighted by Crippen LogP contribution is 2.34. The van der Waals surface area contributed by atoms with Crippen molar-refractivity contribution < 1.29 is 13.5 Å². The van der Waals surface area contributed by atoms with Crippen molar-refractivity contribution in [3.8, 4) is 0 Å². The molecule has 1 N–H and O–H groups in total. The zero-order chi connectivity index (χ0) is 15.6. The highest BCUT2D eigenvalue weighted by atomic mass is 79.9. The van der Waals surface area contributed by atoms with Gasteiger partial charge in [-0.25, -0.2) is 12.7 Å². The Balaban J connectivity index is 2.06. The molecule has 1 saturated heterocycles. The maximum absolute atomic E-state index is 11.6. The summed E-state index contributed by atoms with van der Waals surface area (Å²) in [5.41, 5.74) is 0.683. The van der Waals surface area contributed by atoms with Crippen molar-refractivity contribution in [2.75, 3.05) is 19.3 Å². The average Bonchev–Trinajstić information content (AvgIpc) is 2.41. The van der Waals surface area contributed by atoms with Crippen molar-refractivity contribution in [1.82, 2.24) is 4.31 Å². The van der Waals surface area contributed by atoms with Gasteiger partial charge in [-0.1, -0.05) is 23.7 Å². The smallest absolute Gasteiger partial charge is 0.211 e. The Labute approximate surface area is 139 Å². The van der Waals surface area contributed by atoms with E-state index in [2.05, 4.69) is 15.9 Å². The Kier molecular flexibility index (Phi) is 5.71. The minimum atomic E-state index is -3.16. The first-order valence-electron chi connectivity index (χ1n) is 6.86. The Bertz CT molecular complexity index is 608. The Hall–Kier alpha value is -0.140. The number of aliphatic hydroxyl groups is 1. The third kappa shape index (κ3) is 4.42. The van der Waals surface area contributed by atoms with Crippen molar-refractivity contribution in [1.29, 1.82) is 0 Å². The lowest BCUT2D eigenvalue weighted by Gasteiger charge is -2.32. The topological polar surface area (TPSA) is 57.6 Å². The number of hydrogen-bond acceptors (Lipinski definition) is 3. The van der Waals surface area contributed by atoms with Crippen LogP contribution in [-0.4, -0.2) is 37.2 Å². The molecule has 0 aromatic heterocycles. The minimum Gasteiger partial charge on any atom is -0.388 e. The molecular weight excluding hydrogens is 378 g/mol. The van der Waals surface area contributed by atoms with Crippen molar-refractivity contribution >= 4 is 37.6 Å². The Morgan fingerprint density at radius 1 is 1.52 bits per heavy atom. The van der Waals surface area contributed by atoms with Crippen LogP contribution in [0.1, 0.15) is 30.9 Å². The van der Waals surface area contributed by atoms with Crippen LogP contribution >= 0.6 is 27.5 Å². The lowest BCUT2D eigenvalue weighted by molar-refractivity contribution is 0.123. The van der Waals surface area contributed by atoms with E-state index in [0.29, 0.717) is 30.1 Å². The molecule has 1 fully saturated rings. The van der Waals surface area contributed by atoms with Crippen LogP contribution in [0.5, 0.6) is 0 Å². The number of hydrogen-bond donors (Lipinski definition) is 1. The average molecular weight is 397 g/mol. The number of nitrogens with zero attached hydrogens (tertiary/aromatic N) is 1. The summed E-state index contributed by atoms with van der Waals surface area (Å²) >= 11 is 9.54. The van der Waals surface area contributed by atoms with Gasteiger partial charge in [-0.3, -0.25) is 0 Å². The van der Waals surface area contributed by atoms with E-state index in [1.54, 1.807) is 6.07 Å². The van der Waals surface area contributed by atoms with Crippen LogP contribution in [0.25, 0.3) is 0 Å². The van der Waals surface area contributed by atoms with Crippen molar-refractivity contribution in [3.63, 3.8) is 0 Å². The molecule has 0 radical (unpaired) electrons. The van der Waals surface area contributed by atoms with E-state index in [9.17, 15) is 13.5 Å². The quantitative estimate of drug-likeness (QED) is 0.850. The van der Waals surface area contributed by atoms with Crippen molar-refractivity contribution in [3.05, 3.63) is 33.3 Å². The van der Waals surface area contributed by atoms with E-state index in [1.807, 2.05) is 12.1 Å². The minimum absolute atomic E-state index is 0.151. The van der Waals surface area contributed by atoms with E-state index in [1.165, 1.54) is 10.6 Å². The number of benzene rings is 1. The largest absolute Gasteiger partial charge is 0.388 e. The van der Waals surface area contributed by atoms with Crippen LogP contribution in [0.15, 0.2) is 22.7 Å². The third-order valence-corrected chi connectivity index (χ3v) is 6.43. The van der Waals surface area contributed by atoms with E-state index >= 15 is 0 Å². The first-order valence-corrected chi connectivity index (χ1v) is 9.88. The Morgan fingerprint density at radius 3 is 2.90 bits per heavy atom. The lowest BCUT2D eigenvalue weighted by Crippen LogP contribution is -2.39. The summed E-state index contributed by atoms with van der Waals surface area (Å²) in [5.74, 6) is 0.151. The fourth-order valence-electron chi connectivity index (χ4n) is 2.74. The molecule has 1 aromatic carbocycles. The van der Waals surface area contributed by atoms with E-state index in [0.717, 1.165) is 17.3 Å². The molecule has 2 rings (SSSR count). The van der Waals surface area contributed by atoms with Gasteiger partial charge in [-0.2, -0.15) is 0 Å². The zero-order valence-electron chi connectivity index (χ0n) is 11.8. The summed E-state index contributed by atoms with van der Waals surface area (Å²) in [5, 5.41) is 10.9. The van der Waals surface area contributed by atoms with Gasteiger partial charge in [-0.15, -0.1) is 0 Å². The molecule has 1 aliphatic heterocycles. The van der Waals surface area contributed by atoms with Crippen molar-refractivity contribution in [2.45, 2.75) is 25.4 Å². The van der Waals surface area contributed by atoms with Crippen LogP contribution in [0, 0.1) is 5.92 Å². The molecule has 4 nitrogen and oxygen atoms in total. The molecule has 0 amide bonds. The summed E-state index contributed by atoms with van der Waals surface area (Å²) in [4.78, 5) is 0. The maximum Gasteiger partial charge on any atom is 0.211 e. The van der Waals surface area contributed by atoms with Gasteiger partial charge in [0.05, 0.1) is 17.4 Å². The number of halogens is 2. The fourth-order valence-corrected chi connectivity index (χ4v) is 4.32. The molecule has 1 aromatic rings. The van der Waals surface area contributed by atoms with E-state index < -0.39 is 16.1 Å². The number of sulfonamides is 1. The molecule has 0 aliphatic carbocycles. The molecule has 1 heterocycles. The van der Waals surface area contributed by atoms with E-state index in [4.69, 9.17) is 11.6 Å². The highest BCUT2D eigenvalue weighted by molar-refractivity contribution is 9.10. The first-order chi connectivity index (χ1) is 9.79. The normalized spacial score (nSPS) is 22.2. The highest BCUT2D eigenvalue weighted by Gasteiger charge is 2.28. The molecule has 2 atom stereocenters.